The van der Waals surface area contributed by atoms with Gasteiger partial charge in [0.1, 0.15) is 0 Å². The average molecular weight is 547 g/mol. The second-order valence-electron chi connectivity index (χ2n) is 10.2. The first-order valence-corrected chi connectivity index (χ1v) is 15.0. The molecule has 0 N–H and O–H groups in total. The van der Waals surface area contributed by atoms with E-state index in [0.717, 1.165) is 37.1 Å². The van der Waals surface area contributed by atoms with Gasteiger partial charge in [-0.2, -0.15) is 0 Å². The van der Waals surface area contributed by atoms with Crippen LogP contribution < -0.4 is 0 Å². The number of aliphatic imine (C=N–C) groups is 2. The predicted octanol–water partition coefficient (Wildman–Crippen LogP) is 11.2. The van der Waals surface area contributed by atoms with Crippen molar-refractivity contribution in [2.75, 3.05) is 0 Å². The summed E-state index contributed by atoms with van der Waals surface area (Å²) >= 11 is 0. The Kier molecular flexibility index (Phi) is 19.1. The van der Waals surface area contributed by atoms with E-state index in [4.69, 9.17) is 9.98 Å². The molecule has 37 heavy (non-hydrogen) atoms. The summed E-state index contributed by atoms with van der Waals surface area (Å²) in [7, 11) is 0. The second kappa shape index (κ2) is 21.2. The molecule has 0 aromatic heterocycles. The van der Waals surface area contributed by atoms with Crippen molar-refractivity contribution >= 4 is 22.8 Å². The largest absolute Gasteiger partial charge is 0.252 e. The standard InChI is InChI=1S/C34H52N2.Ni/c1-5-9-13-14-15-19-25-34(33(24-12-8-4)35-31-22-17-16-18-23-31)36-32-27-26-29(20-10-6-2)30(28-32)21-11-7-3;/h16-18,22-23,26-28H,5-15,19-21,24-25H2,1-4H3;/b35-33+,36-34+;. The van der Waals surface area contributed by atoms with Crippen LogP contribution in [0.1, 0.15) is 129 Å². The van der Waals surface area contributed by atoms with Gasteiger partial charge in [-0.05, 0) is 86.8 Å². The smallest absolute Gasteiger partial charge is 0.0636 e. The maximum atomic E-state index is 5.32. The van der Waals surface area contributed by atoms with E-state index >= 15 is 0 Å². The summed E-state index contributed by atoms with van der Waals surface area (Å²) in [5.41, 5.74) is 7.55. The van der Waals surface area contributed by atoms with Gasteiger partial charge in [0.15, 0.2) is 0 Å². The van der Waals surface area contributed by atoms with E-state index in [0.29, 0.717) is 0 Å². The molecule has 0 atom stereocenters. The Labute approximate surface area is 238 Å². The van der Waals surface area contributed by atoms with Crippen LogP contribution in [0.2, 0.25) is 0 Å². The van der Waals surface area contributed by atoms with Crippen LogP contribution in [0.25, 0.3) is 0 Å². The molecule has 2 nitrogen and oxygen atoms in total. The molecule has 0 aliphatic rings. The third-order valence-electron chi connectivity index (χ3n) is 6.94. The summed E-state index contributed by atoms with van der Waals surface area (Å²) in [4.78, 5) is 10.5. The van der Waals surface area contributed by atoms with Crippen molar-refractivity contribution in [2.45, 2.75) is 130 Å². The van der Waals surface area contributed by atoms with Gasteiger partial charge in [-0.3, -0.25) is 9.98 Å². The summed E-state index contributed by atoms with van der Waals surface area (Å²) in [6, 6.07) is 17.4. The number of hydrogen-bond donors (Lipinski definition) is 0. The van der Waals surface area contributed by atoms with Crippen molar-refractivity contribution in [3.05, 3.63) is 59.7 Å². The number of benzene rings is 2. The number of nitrogens with zero attached hydrogens (tertiary/aromatic N) is 2. The van der Waals surface area contributed by atoms with Gasteiger partial charge in [0, 0.05) is 16.5 Å². The molecule has 0 spiro atoms. The minimum atomic E-state index is 0. The van der Waals surface area contributed by atoms with E-state index in [1.54, 1.807) is 0 Å². The van der Waals surface area contributed by atoms with Crippen molar-refractivity contribution in [1.82, 2.24) is 0 Å². The zero-order valence-corrected chi connectivity index (χ0v) is 25.1. The molecule has 0 aliphatic heterocycles. The number of rotatable bonds is 19. The molecule has 0 heterocycles. The summed E-state index contributed by atoms with van der Waals surface area (Å²) in [6.45, 7) is 9.11. The van der Waals surface area contributed by atoms with Gasteiger partial charge in [0.25, 0.3) is 0 Å². The van der Waals surface area contributed by atoms with E-state index in [1.165, 1.54) is 99.6 Å². The molecular formula is C34H52N2Ni. The fourth-order valence-corrected chi connectivity index (χ4v) is 4.65. The molecular weight excluding hydrogens is 495 g/mol. The monoisotopic (exact) mass is 546 g/mol. The summed E-state index contributed by atoms with van der Waals surface area (Å²) in [6.07, 6.45) is 19.5. The molecule has 0 saturated heterocycles. The van der Waals surface area contributed by atoms with Gasteiger partial charge in [-0.25, -0.2) is 0 Å². The van der Waals surface area contributed by atoms with Gasteiger partial charge >= 0.3 is 0 Å². The number of hydrogen-bond acceptors (Lipinski definition) is 2. The summed E-state index contributed by atoms with van der Waals surface area (Å²) < 4.78 is 0. The molecule has 2 rings (SSSR count). The second-order valence-corrected chi connectivity index (χ2v) is 10.2. The molecule has 0 saturated carbocycles. The van der Waals surface area contributed by atoms with Crippen molar-refractivity contribution in [1.29, 1.82) is 0 Å². The van der Waals surface area contributed by atoms with Gasteiger partial charge in [-0.1, -0.05) is 103 Å². The van der Waals surface area contributed by atoms with Crippen LogP contribution in [0.15, 0.2) is 58.5 Å². The normalized spacial score (nSPS) is 12.0. The third kappa shape index (κ3) is 13.6. The zero-order chi connectivity index (χ0) is 25.8. The molecule has 2 aromatic carbocycles. The van der Waals surface area contributed by atoms with Gasteiger partial charge in [0.05, 0.1) is 22.8 Å². The van der Waals surface area contributed by atoms with Crippen LogP contribution in [-0.2, 0) is 29.3 Å². The summed E-state index contributed by atoms with van der Waals surface area (Å²) in [5.74, 6) is 0. The predicted molar refractivity (Wildman–Crippen MR) is 162 cm³/mol. The van der Waals surface area contributed by atoms with Crippen molar-refractivity contribution < 1.29 is 16.5 Å². The summed E-state index contributed by atoms with van der Waals surface area (Å²) in [5, 5.41) is 0. The minimum Gasteiger partial charge on any atom is -0.252 e. The van der Waals surface area contributed by atoms with Crippen molar-refractivity contribution in [3.8, 4) is 0 Å². The molecule has 0 radical (unpaired) electrons. The van der Waals surface area contributed by atoms with Crippen LogP contribution in [-0.4, -0.2) is 11.4 Å². The van der Waals surface area contributed by atoms with Crippen LogP contribution in [0.4, 0.5) is 11.4 Å². The molecule has 208 valence electrons. The molecule has 3 heteroatoms. The average Bonchev–Trinajstić information content (AvgIpc) is 2.91. The molecule has 0 fully saturated rings. The molecule has 0 amide bonds. The van der Waals surface area contributed by atoms with Gasteiger partial charge in [-0.15, -0.1) is 0 Å². The van der Waals surface area contributed by atoms with E-state index in [2.05, 4.69) is 76.2 Å². The molecule has 2 aromatic rings. The van der Waals surface area contributed by atoms with E-state index in [9.17, 15) is 0 Å². The van der Waals surface area contributed by atoms with E-state index in [1.807, 2.05) is 0 Å². The Hall–Kier alpha value is -1.73. The zero-order valence-electron chi connectivity index (χ0n) is 24.1. The van der Waals surface area contributed by atoms with E-state index in [-0.39, 0.29) is 16.5 Å². The maximum absolute atomic E-state index is 5.32. The van der Waals surface area contributed by atoms with E-state index < -0.39 is 0 Å². The quantitative estimate of drug-likeness (QED) is 0.0950. The van der Waals surface area contributed by atoms with Crippen LogP contribution in [0.3, 0.4) is 0 Å². The third-order valence-corrected chi connectivity index (χ3v) is 6.94. The Morgan fingerprint density at radius 3 is 1.70 bits per heavy atom. The Balaban J connectivity index is 0.00000684. The SMILES string of the molecule is CCCCCCCCC(=N\c1ccc(CCCC)c(CCCC)c1)/C(CCCC)=N/c1ccccc1.[Ni]. The first-order valence-electron chi connectivity index (χ1n) is 15.0. The fraction of sp³-hybridized carbons (Fsp3) is 0.588. The first kappa shape index (κ1) is 33.3. The van der Waals surface area contributed by atoms with Gasteiger partial charge < -0.3 is 0 Å². The van der Waals surface area contributed by atoms with Crippen LogP contribution in [0.5, 0.6) is 0 Å². The van der Waals surface area contributed by atoms with Gasteiger partial charge in [0.2, 0.25) is 0 Å². The van der Waals surface area contributed by atoms with Crippen LogP contribution in [0, 0.1) is 0 Å². The number of aryl methyl sites for hydroxylation is 2. The minimum absolute atomic E-state index is 0. The van der Waals surface area contributed by atoms with Crippen molar-refractivity contribution in [2.24, 2.45) is 9.98 Å². The van der Waals surface area contributed by atoms with Crippen molar-refractivity contribution in [3.63, 3.8) is 0 Å². The Morgan fingerprint density at radius 2 is 1.05 bits per heavy atom. The number of para-hydroxylation sites is 1. The fourth-order valence-electron chi connectivity index (χ4n) is 4.65. The maximum Gasteiger partial charge on any atom is 0.0636 e. The number of unbranched alkanes of at least 4 members (excludes halogenated alkanes) is 8. The first-order chi connectivity index (χ1) is 17.7. The van der Waals surface area contributed by atoms with Crippen LogP contribution >= 0.6 is 0 Å². The molecule has 0 bridgehead atoms. The molecule has 0 unspecified atom stereocenters. The Morgan fingerprint density at radius 1 is 0.514 bits per heavy atom. The Bertz CT molecular complexity index is 901. The molecule has 0 aliphatic carbocycles. The topological polar surface area (TPSA) is 24.7 Å².